The van der Waals surface area contributed by atoms with Gasteiger partial charge in [-0.3, -0.25) is 10.0 Å². The monoisotopic (exact) mass is 457 g/mol. The van der Waals surface area contributed by atoms with Crippen molar-refractivity contribution in [3.63, 3.8) is 0 Å². The number of hydrogen-bond donors (Lipinski definition) is 2. The lowest BCUT2D eigenvalue weighted by molar-refractivity contribution is -0.172. The second-order valence-corrected chi connectivity index (χ2v) is 9.39. The van der Waals surface area contributed by atoms with E-state index in [4.69, 9.17) is 4.74 Å². The van der Waals surface area contributed by atoms with Gasteiger partial charge in [-0.15, -0.1) is 0 Å². The third kappa shape index (κ3) is 22.5. The minimum Gasteiger partial charge on any atom is -0.368 e. The highest BCUT2D eigenvalue weighted by atomic mass is 16.6. The fraction of sp³-hybridized carbons (Fsp3) is 0.963. The molecule has 1 amide bonds. The van der Waals surface area contributed by atoms with Crippen LogP contribution in [0.5, 0.6) is 0 Å². The third-order valence-electron chi connectivity index (χ3n) is 6.18. The number of aliphatic hydroxyl groups excluding tert-OH is 1. The third-order valence-corrected chi connectivity index (χ3v) is 6.18. The molecule has 192 valence electrons. The molecule has 32 heavy (non-hydrogen) atoms. The molecule has 0 radical (unpaired) electrons. The van der Waals surface area contributed by atoms with Crippen molar-refractivity contribution in [2.75, 3.05) is 13.2 Å². The quantitative estimate of drug-likeness (QED) is 0.0635. The summed E-state index contributed by atoms with van der Waals surface area (Å²) in [5, 5.41) is 20.5. The minimum absolute atomic E-state index is 0.120. The molecule has 0 aliphatic heterocycles. The lowest BCUT2D eigenvalue weighted by atomic mass is 10.1. The maximum Gasteiger partial charge on any atom is 0.245 e. The van der Waals surface area contributed by atoms with Crippen LogP contribution in [0.4, 0.5) is 0 Å². The molecule has 0 aliphatic carbocycles. The molecule has 0 saturated heterocycles. The number of nitrogens with zero attached hydrogens (tertiary/aromatic N) is 1. The van der Waals surface area contributed by atoms with Gasteiger partial charge >= 0.3 is 0 Å². The fourth-order valence-corrected chi connectivity index (χ4v) is 3.97. The number of carbonyl (C=O) groups is 1. The predicted octanol–water partition coefficient (Wildman–Crippen LogP) is 7.77. The molecule has 1 atom stereocenters. The van der Waals surface area contributed by atoms with E-state index < -0.39 is 6.29 Å². The molecular formula is C27H55NO4. The van der Waals surface area contributed by atoms with E-state index in [1.54, 1.807) is 0 Å². The van der Waals surface area contributed by atoms with E-state index in [1.807, 2.05) is 0 Å². The van der Waals surface area contributed by atoms with E-state index in [1.165, 1.54) is 89.9 Å². The molecule has 2 N–H and O–H groups in total. The van der Waals surface area contributed by atoms with Crippen LogP contribution >= 0.6 is 0 Å². The summed E-state index contributed by atoms with van der Waals surface area (Å²) in [5.41, 5.74) is 0. The molecule has 0 aromatic heterocycles. The largest absolute Gasteiger partial charge is 0.368 e. The van der Waals surface area contributed by atoms with Crippen molar-refractivity contribution >= 4 is 5.91 Å². The van der Waals surface area contributed by atoms with Gasteiger partial charge in [-0.2, -0.15) is 0 Å². The van der Waals surface area contributed by atoms with Crippen molar-refractivity contribution in [3.8, 4) is 0 Å². The lowest BCUT2D eigenvalue weighted by Crippen LogP contribution is -2.31. The van der Waals surface area contributed by atoms with Gasteiger partial charge in [-0.1, -0.05) is 123 Å². The van der Waals surface area contributed by atoms with E-state index >= 15 is 0 Å². The number of hydrogen-bond acceptors (Lipinski definition) is 4. The zero-order valence-corrected chi connectivity index (χ0v) is 21.5. The van der Waals surface area contributed by atoms with Crippen LogP contribution in [0.1, 0.15) is 149 Å². The van der Waals surface area contributed by atoms with Crippen LogP contribution in [0.25, 0.3) is 0 Å². The first-order valence-electron chi connectivity index (χ1n) is 13.9. The number of ether oxygens (including phenoxy) is 1. The van der Waals surface area contributed by atoms with Gasteiger partial charge in [0.15, 0.2) is 6.29 Å². The zero-order valence-electron chi connectivity index (χ0n) is 21.5. The Morgan fingerprint density at radius 1 is 0.688 bits per heavy atom. The van der Waals surface area contributed by atoms with Gasteiger partial charge in [0, 0.05) is 19.4 Å². The highest BCUT2D eigenvalue weighted by Gasteiger charge is 2.13. The number of hydroxylamine groups is 2. The van der Waals surface area contributed by atoms with E-state index in [0.29, 0.717) is 13.0 Å². The van der Waals surface area contributed by atoms with Gasteiger partial charge < -0.3 is 9.84 Å². The van der Waals surface area contributed by atoms with Gasteiger partial charge in [0.25, 0.3) is 0 Å². The van der Waals surface area contributed by atoms with E-state index in [-0.39, 0.29) is 18.9 Å². The molecule has 0 heterocycles. The topological polar surface area (TPSA) is 70.0 Å². The van der Waals surface area contributed by atoms with E-state index in [2.05, 4.69) is 13.8 Å². The Labute approximate surface area is 199 Å². The molecule has 0 aromatic carbocycles. The van der Waals surface area contributed by atoms with Crippen LogP contribution in [-0.4, -0.2) is 40.7 Å². The molecular weight excluding hydrogens is 402 g/mol. The van der Waals surface area contributed by atoms with Gasteiger partial charge in [0.05, 0.1) is 6.54 Å². The number of aliphatic hydroxyl groups is 1. The molecule has 1 unspecified atom stereocenters. The maximum atomic E-state index is 11.9. The van der Waals surface area contributed by atoms with Crippen LogP contribution in [0.15, 0.2) is 0 Å². The number of carbonyl (C=O) groups excluding carboxylic acids is 1. The second kappa shape index (κ2) is 25.0. The number of amides is 1. The Morgan fingerprint density at radius 3 is 1.56 bits per heavy atom. The van der Waals surface area contributed by atoms with Crippen LogP contribution in [0, 0.1) is 0 Å². The number of unbranched alkanes of at least 4 members (excludes halogenated alkanes) is 17. The van der Waals surface area contributed by atoms with Crippen molar-refractivity contribution < 1.29 is 19.8 Å². The molecule has 0 fully saturated rings. The summed E-state index contributed by atoms with van der Waals surface area (Å²) in [4.78, 5) is 11.9. The summed E-state index contributed by atoms with van der Waals surface area (Å²) in [6, 6.07) is 0. The molecule has 0 aliphatic rings. The maximum absolute atomic E-state index is 11.9. The van der Waals surface area contributed by atoms with Crippen molar-refractivity contribution in [3.05, 3.63) is 0 Å². The summed E-state index contributed by atoms with van der Waals surface area (Å²) in [6.45, 7) is 5.12. The zero-order chi connectivity index (χ0) is 23.7. The Bertz CT molecular complexity index is 392. The molecule has 0 aromatic rings. The normalized spacial score (nSPS) is 12.2. The first-order chi connectivity index (χ1) is 15.6. The first-order valence-corrected chi connectivity index (χ1v) is 13.9. The summed E-state index contributed by atoms with van der Waals surface area (Å²) >= 11 is 0. The van der Waals surface area contributed by atoms with Crippen molar-refractivity contribution in [2.45, 2.75) is 155 Å². The molecule has 0 spiro atoms. The van der Waals surface area contributed by atoms with Crippen LogP contribution in [-0.2, 0) is 9.53 Å². The summed E-state index contributed by atoms with van der Waals surface area (Å²) in [7, 11) is 0. The second-order valence-electron chi connectivity index (χ2n) is 9.39. The Hall–Kier alpha value is -0.650. The summed E-state index contributed by atoms with van der Waals surface area (Å²) < 4.78 is 5.42. The number of rotatable bonds is 25. The van der Waals surface area contributed by atoms with Crippen LogP contribution < -0.4 is 0 Å². The van der Waals surface area contributed by atoms with Crippen molar-refractivity contribution in [2.24, 2.45) is 0 Å². The lowest BCUT2D eigenvalue weighted by Gasteiger charge is -2.17. The summed E-state index contributed by atoms with van der Waals surface area (Å²) in [6.07, 6.45) is 23.3. The Kier molecular flexibility index (Phi) is 24.5. The molecule has 5 heteroatoms. The Balaban J connectivity index is 3.42. The predicted molar refractivity (Wildman–Crippen MR) is 134 cm³/mol. The standard InChI is InChI=1S/C27H55NO4/c1-3-5-7-9-11-12-13-14-15-17-19-21-25-32-27(30)23-24-28(31)26(29)22-20-18-16-10-8-6-4-2/h27,30-31H,3-25H2,1-2H3. The molecule has 0 bridgehead atoms. The average molecular weight is 458 g/mol. The fourth-order valence-electron chi connectivity index (χ4n) is 3.97. The van der Waals surface area contributed by atoms with Crippen LogP contribution in [0.2, 0.25) is 0 Å². The summed E-state index contributed by atoms with van der Waals surface area (Å²) in [5.74, 6) is -0.258. The SMILES string of the molecule is CCCCCCCCCCCCCCOC(O)CCN(O)C(=O)CCCCCCCCC. The van der Waals surface area contributed by atoms with Crippen LogP contribution in [0.3, 0.4) is 0 Å². The van der Waals surface area contributed by atoms with Gasteiger partial charge in [0.1, 0.15) is 0 Å². The highest BCUT2D eigenvalue weighted by molar-refractivity contribution is 5.74. The van der Waals surface area contributed by atoms with E-state index in [0.717, 1.165) is 37.2 Å². The molecule has 5 nitrogen and oxygen atoms in total. The van der Waals surface area contributed by atoms with E-state index in [9.17, 15) is 15.1 Å². The highest BCUT2D eigenvalue weighted by Crippen LogP contribution is 2.12. The average Bonchev–Trinajstić information content (AvgIpc) is 2.79. The van der Waals surface area contributed by atoms with Crippen molar-refractivity contribution in [1.29, 1.82) is 0 Å². The van der Waals surface area contributed by atoms with Gasteiger partial charge in [-0.25, -0.2) is 5.06 Å². The molecule has 0 rings (SSSR count). The smallest absolute Gasteiger partial charge is 0.245 e. The Morgan fingerprint density at radius 2 is 1.09 bits per heavy atom. The molecule has 0 saturated carbocycles. The first kappa shape index (κ1) is 31.4. The van der Waals surface area contributed by atoms with Gasteiger partial charge in [0.2, 0.25) is 5.91 Å². The minimum atomic E-state index is -0.913. The van der Waals surface area contributed by atoms with Crippen molar-refractivity contribution in [1.82, 2.24) is 5.06 Å². The van der Waals surface area contributed by atoms with Gasteiger partial charge in [-0.05, 0) is 12.8 Å².